The Balaban J connectivity index is 2.18. The van der Waals surface area contributed by atoms with Crippen LogP contribution in [0.25, 0.3) is 0 Å². The molecule has 0 saturated heterocycles. The molecule has 0 saturated carbocycles. The average Bonchev–Trinajstić information content (AvgIpc) is 2.68. The summed E-state index contributed by atoms with van der Waals surface area (Å²) in [7, 11) is 1.59. The van der Waals surface area contributed by atoms with Crippen molar-refractivity contribution in [1.82, 2.24) is 4.90 Å². The highest BCUT2D eigenvalue weighted by molar-refractivity contribution is 6.01. The molecule has 2 aromatic rings. The zero-order valence-electron chi connectivity index (χ0n) is 17.0. The van der Waals surface area contributed by atoms with Crippen LogP contribution in [0, 0.1) is 11.2 Å². The molecule has 2 aromatic carbocycles. The summed E-state index contributed by atoms with van der Waals surface area (Å²) < 4.78 is 15.0. The number of aliphatic imine (C=N–C) groups is 1. The maximum atomic E-state index is 15.0. The van der Waals surface area contributed by atoms with Crippen LogP contribution in [-0.2, 0) is 10.3 Å². The Hall–Kier alpha value is -2.89. The Morgan fingerprint density at radius 1 is 1.11 bits per heavy atom. The molecular weight excluding hydrogens is 355 g/mol. The molecule has 2 N–H and O–H groups in total. The summed E-state index contributed by atoms with van der Waals surface area (Å²) in [6.45, 7) is 8.08. The highest BCUT2D eigenvalue weighted by Gasteiger charge is 2.53. The fourth-order valence-corrected chi connectivity index (χ4v) is 3.75. The van der Waals surface area contributed by atoms with Crippen LogP contribution >= 0.6 is 0 Å². The largest absolute Gasteiger partial charge is 0.369 e. The number of nitrogens with two attached hydrogens (primary N) is 1. The van der Waals surface area contributed by atoms with Gasteiger partial charge in [0.1, 0.15) is 11.4 Å². The van der Waals surface area contributed by atoms with Gasteiger partial charge in [0.25, 0.3) is 0 Å². The third-order valence-corrected chi connectivity index (χ3v) is 5.91. The minimum Gasteiger partial charge on any atom is -0.369 e. The van der Waals surface area contributed by atoms with Crippen molar-refractivity contribution in [1.29, 1.82) is 0 Å². The summed E-state index contributed by atoms with van der Waals surface area (Å²) in [6, 6.07) is 14.9. The number of carbonyl (C=O) groups excluding carboxylic acids is 1. The molecule has 0 bridgehead atoms. The van der Waals surface area contributed by atoms with Gasteiger partial charge in [0, 0.05) is 30.5 Å². The lowest BCUT2D eigenvalue weighted by Gasteiger charge is -2.46. The standard InChI is InChI=1S/C22H27FN4O/c1-6-27(15-10-8-7-9-11-15)16-12-13-18(23)17(14-16)22(4)21(2,3)19(28)26(5)20(24)25-22/h7-14H,6H2,1-5H3,(H2,24,25)/t22-/m1/s1. The van der Waals surface area contributed by atoms with Gasteiger partial charge in [0.15, 0.2) is 5.96 Å². The monoisotopic (exact) mass is 382 g/mol. The van der Waals surface area contributed by atoms with Gasteiger partial charge in [-0.05, 0) is 58.0 Å². The van der Waals surface area contributed by atoms with Crippen molar-refractivity contribution in [2.75, 3.05) is 18.5 Å². The van der Waals surface area contributed by atoms with E-state index in [1.54, 1.807) is 40.0 Å². The van der Waals surface area contributed by atoms with Gasteiger partial charge in [0.2, 0.25) is 5.91 Å². The van der Waals surface area contributed by atoms with Crippen LogP contribution in [0.15, 0.2) is 53.5 Å². The molecule has 1 amide bonds. The van der Waals surface area contributed by atoms with E-state index < -0.39 is 16.8 Å². The second-order valence-electron chi connectivity index (χ2n) is 7.78. The van der Waals surface area contributed by atoms with Crippen molar-refractivity contribution in [2.45, 2.75) is 33.2 Å². The van der Waals surface area contributed by atoms with E-state index in [-0.39, 0.29) is 11.9 Å². The summed E-state index contributed by atoms with van der Waals surface area (Å²) in [5.74, 6) is -0.507. The highest BCUT2D eigenvalue weighted by Crippen LogP contribution is 2.48. The second-order valence-corrected chi connectivity index (χ2v) is 7.78. The van der Waals surface area contributed by atoms with Crippen molar-refractivity contribution < 1.29 is 9.18 Å². The Kier molecular flexibility index (Phi) is 4.91. The first kappa shape index (κ1) is 19.9. The Morgan fingerprint density at radius 3 is 2.36 bits per heavy atom. The smallest absolute Gasteiger partial charge is 0.237 e. The van der Waals surface area contributed by atoms with Crippen molar-refractivity contribution in [3.63, 3.8) is 0 Å². The normalized spacial score (nSPS) is 21.4. The lowest BCUT2D eigenvalue weighted by Crippen LogP contribution is -2.58. The quantitative estimate of drug-likeness (QED) is 0.869. The molecule has 0 aromatic heterocycles. The number of hydrogen-bond acceptors (Lipinski definition) is 4. The molecular formula is C22H27FN4O. The molecule has 0 unspecified atom stereocenters. The lowest BCUT2D eigenvalue weighted by atomic mass is 9.67. The third-order valence-electron chi connectivity index (χ3n) is 5.91. The van der Waals surface area contributed by atoms with E-state index in [1.807, 2.05) is 37.3 Å². The fraction of sp³-hybridized carbons (Fsp3) is 0.364. The van der Waals surface area contributed by atoms with Crippen LogP contribution in [0.4, 0.5) is 15.8 Å². The number of amides is 1. The van der Waals surface area contributed by atoms with E-state index in [4.69, 9.17) is 5.73 Å². The number of halogens is 1. The molecule has 6 heteroatoms. The number of guanidine groups is 1. The number of nitrogens with zero attached hydrogens (tertiary/aromatic N) is 3. The molecule has 1 aliphatic heterocycles. The van der Waals surface area contributed by atoms with E-state index in [2.05, 4.69) is 9.89 Å². The minimum absolute atomic E-state index is 0.0898. The van der Waals surface area contributed by atoms with Crippen molar-refractivity contribution in [3.8, 4) is 0 Å². The first-order valence-corrected chi connectivity index (χ1v) is 9.39. The molecule has 0 fully saturated rings. The maximum Gasteiger partial charge on any atom is 0.237 e. The first-order chi connectivity index (χ1) is 13.1. The predicted octanol–water partition coefficient (Wildman–Crippen LogP) is 4.01. The number of benzene rings is 2. The molecule has 148 valence electrons. The van der Waals surface area contributed by atoms with Gasteiger partial charge >= 0.3 is 0 Å². The number of para-hydroxylation sites is 1. The van der Waals surface area contributed by atoms with E-state index in [9.17, 15) is 4.79 Å². The Bertz CT molecular complexity index is 925. The molecule has 1 aliphatic rings. The van der Waals surface area contributed by atoms with Crippen LogP contribution in [0.1, 0.15) is 33.3 Å². The molecule has 3 rings (SSSR count). The fourth-order valence-electron chi connectivity index (χ4n) is 3.75. The third kappa shape index (κ3) is 2.93. The molecule has 1 atom stereocenters. The van der Waals surface area contributed by atoms with Crippen molar-refractivity contribution in [3.05, 3.63) is 59.9 Å². The summed E-state index contributed by atoms with van der Waals surface area (Å²) >= 11 is 0. The molecule has 5 nitrogen and oxygen atoms in total. The van der Waals surface area contributed by atoms with E-state index in [0.717, 1.165) is 11.4 Å². The van der Waals surface area contributed by atoms with Gasteiger partial charge in [-0.25, -0.2) is 9.38 Å². The predicted molar refractivity (Wildman–Crippen MR) is 111 cm³/mol. The Labute approximate surface area is 165 Å². The summed E-state index contributed by atoms with van der Waals surface area (Å²) in [5, 5.41) is 0. The Morgan fingerprint density at radius 2 is 1.75 bits per heavy atom. The van der Waals surface area contributed by atoms with Crippen LogP contribution < -0.4 is 10.6 Å². The summed E-state index contributed by atoms with van der Waals surface area (Å²) in [4.78, 5) is 20.9. The molecule has 28 heavy (non-hydrogen) atoms. The van der Waals surface area contributed by atoms with Gasteiger partial charge in [-0.1, -0.05) is 18.2 Å². The topological polar surface area (TPSA) is 61.9 Å². The van der Waals surface area contributed by atoms with Gasteiger partial charge in [0.05, 0.1) is 5.41 Å². The molecule has 1 heterocycles. The van der Waals surface area contributed by atoms with E-state index in [1.165, 1.54) is 11.0 Å². The first-order valence-electron chi connectivity index (χ1n) is 9.39. The van der Waals surface area contributed by atoms with E-state index in [0.29, 0.717) is 12.1 Å². The van der Waals surface area contributed by atoms with Gasteiger partial charge in [-0.2, -0.15) is 0 Å². The van der Waals surface area contributed by atoms with Crippen LogP contribution in [0.3, 0.4) is 0 Å². The SMILES string of the molecule is CCN(c1ccccc1)c1ccc(F)c([C@@]2(C)N=C(N)N(C)C(=O)C2(C)C)c1. The van der Waals surface area contributed by atoms with Crippen molar-refractivity contribution >= 4 is 23.2 Å². The van der Waals surface area contributed by atoms with Crippen molar-refractivity contribution in [2.24, 2.45) is 16.1 Å². The molecule has 0 spiro atoms. The maximum absolute atomic E-state index is 15.0. The average molecular weight is 382 g/mol. The highest BCUT2D eigenvalue weighted by atomic mass is 19.1. The summed E-state index contributed by atoms with van der Waals surface area (Å²) in [6.07, 6.45) is 0. The molecule has 0 aliphatic carbocycles. The van der Waals surface area contributed by atoms with Crippen LogP contribution in [0.2, 0.25) is 0 Å². The van der Waals surface area contributed by atoms with Gasteiger partial charge < -0.3 is 10.6 Å². The van der Waals surface area contributed by atoms with Crippen LogP contribution in [-0.4, -0.2) is 30.4 Å². The zero-order chi connectivity index (χ0) is 20.7. The van der Waals surface area contributed by atoms with Gasteiger partial charge in [-0.3, -0.25) is 9.69 Å². The lowest BCUT2D eigenvalue weighted by molar-refractivity contribution is -0.140. The van der Waals surface area contributed by atoms with Gasteiger partial charge in [-0.15, -0.1) is 0 Å². The second kappa shape index (κ2) is 6.93. The zero-order valence-corrected chi connectivity index (χ0v) is 17.0. The van der Waals surface area contributed by atoms with E-state index >= 15 is 4.39 Å². The number of hydrogen-bond donors (Lipinski definition) is 1. The van der Waals surface area contributed by atoms with Crippen LogP contribution in [0.5, 0.6) is 0 Å². The number of carbonyl (C=O) groups is 1. The summed E-state index contributed by atoms with van der Waals surface area (Å²) in [5.41, 5.74) is 6.10. The molecule has 0 radical (unpaired) electrons. The number of anilines is 2. The minimum atomic E-state index is -1.13. The number of rotatable bonds is 4.